The summed E-state index contributed by atoms with van der Waals surface area (Å²) in [5.74, 6) is 0. The summed E-state index contributed by atoms with van der Waals surface area (Å²) in [6.45, 7) is 0.516. The second-order valence-electron chi connectivity index (χ2n) is 14.6. The number of rotatable bonds is 7. The molecule has 3 aromatic heterocycles. The maximum atomic E-state index is 7.02. The molecular weight excluding hydrogens is 727 g/mol. The van der Waals surface area contributed by atoms with Gasteiger partial charge in [-0.25, -0.2) is 4.98 Å². The molecule has 0 spiro atoms. The minimum absolute atomic E-state index is 0.516. The number of furan rings is 1. The van der Waals surface area contributed by atoms with Gasteiger partial charge in [0.15, 0.2) is 0 Å². The van der Waals surface area contributed by atoms with Crippen LogP contribution in [0, 0.1) is 0 Å². The number of hydrogen-bond donors (Lipinski definition) is 1. The smallest absolute Gasteiger partial charge is 0.144 e. The molecule has 0 bridgehead atoms. The summed E-state index contributed by atoms with van der Waals surface area (Å²) in [6, 6.07) is 63.7. The van der Waals surface area contributed by atoms with E-state index in [1.165, 1.54) is 20.9 Å². The standard InChI is InChI=1S/C53H35N3OS/c54-46(44-22-12-21-43-40-17-8-10-23-48(40)57-52(43)44)31-47(55-32-33-13-2-1-3-14-33)39-30-29-36(37-15-4-5-16-38(37)39)34-25-27-35(28-26-34)51-42-19-7-6-18-41(42)50-45-20-9-11-24-49(45)58-53(50)56-51/h1-31H,32,54H2/b46-31-,55-47?. The highest BCUT2D eigenvalue weighted by Gasteiger charge is 2.18. The molecule has 0 atom stereocenters. The molecule has 8 aromatic carbocycles. The van der Waals surface area contributed by atoms with Gasteiger partial charge < -0.3 is 10.2 Å². The number of fused-ring (bicyclic) bond motifs is 9. The summed E-state index contributed by atoms with van der Waals surface area (Å²) in [7, 11) is 0. The number of aromatic nitrogens is 1. The number of nitrogens with zero attached hydrogens (tertiary/aromatic N) is 2. The van der Waals surface area contributed by atoms with Crippen molar-refractivity contribution in [3.05, 3.63) is 205 Å². The largest absolute Gasteiger partial charge is 0.455 e. The first-order valence-electron chi connectivity index (χ1n) is 19.5. The Labute approximate surface area is 338 Å². The van der Waals surface area contributed by atoms with Crippen LogP contribution in [-0.2, 0) is 6.54 Å². The molecule has 11 rings (SSSR count). The van der Waals surface area contributed by atoms with Crippen LogP contribution in [0.25, 0.3) is 91.9 Å². The van der Waals surface area contributed by atoms with E-state index in [0.29, 0.717) is 12.2 Å². The SMILES string of the molecule is N/C(=C\C(=NCc1ccccc1)c1ccc(-c2ccc(-c3nc4sc5ccccc5c4c4ccccc34)cc2)c2ccccc12)c1cccc2c1oc1ccccc12. The van der Waals surface area contributed by atoms with Crippen molar-refractivity contribution in [1.29, 1.82) is 0 Å². The predicted octanol–water partition coefficient (Wildman–Crippen LogP) is 14.0. The second-order valence-corrected chi connectivity index (χ2v) is 15.7. The summed E-state index contributed by atoms with van der Waals surface area (Å²) in [5, 5.41) is 9.24. The number of aliphatic imine (C=N–C) groups is 1. The fourth-order valence-electron chi connectivity index (χ4n) is 8.41. The van der Waals surface area contributed by atoms with Gasteiger partial charge in [-0.2, -0.15) is 0 Å². The van der Waals surface area contributed by atoms with E-state index in [4.69, 9.17) is 20.1 Å². The third-order valence-corrected chi connectivity index (χ3v) is 12.3. The van der Waals surface area contributed by atoms with Gasteiger partial charge in [0, 0.05) is 54.0 Å². The van der Waals surface area contributed by atoms with Gasteiger partial charge in [-0.3, -0.25) is 4.99 Å². The van der Waals surface area contributed by atoms with Gasteiger partial charge >= 0.3 is 0 Å². The quantitative estimate of drug-likeness (QED) is 0.165. The van der Waals surface area contributed by atoms with Gasteiger partial charge in [0.1, 0.15) is 16.0 Å². The van der Waals surface area contributed by atoms with Gasteiger partial charge in [0.25, 0.3) is 0 Å². The maximum Gasteiger partial charge on any atom is 0.144 e. The van der Waals surface area contributed by atoms with Crippen molar-refractivity contribution >= 4 is 86.5 Å². The van der Waals surface area contributed by atoms with E-state index in [1.54, 1.807) is 11.3 Å². The molecule has 0 aliphatic carbocycles. The highest BCUT2D eigenvalue weighted by atomic mass is 32.1. The molecule has 11 aromatic rings. The van der Waals surface area contributed by atoms with E-state index in [9.17, 15) is 0 Å². The van der Waals surface area contributed by atoms with Crippen molar-refractivity contribution in [2.75, 3.05) is 0 Å². The molecule has 58 heavy (non-hydrogen) atoms. The van der Waals surface area contributed by atoms with Crippen LogP contribution in [0.1, 0.15) is 16.7 Å². The van der Waals surface area contributed by atoms with Crippen LogP contribution in [0.15, 0.2) is 197 Å². The number of para-hydroxylation sites is 2. The summed E-state index contributed by atoms with van der Waals surface area (Å²) >= 11 is 1.76. The van der Waals surface area contributed by atoms with Crippen LogP contribution in [0.2, 0.25) is 0 Å². The van der Waals surface area contributed by atoms with E-state index in [0.717, 1.165) is 87.7 Å². The summed E-state index contributed by atoms with van der Waals surface area (Å²) in [6.07, 6.45) is 2.01. The molecule has 4 nitrogen and oxygen atoms in total. The maximum absolute atomic E-state index is 7.02. The molecule has 3 heterocycles. The lowest BCUT2D eigenvalue weighted by Crippen LogP contribution is -2.06. The Bertz CT molecular complexity index is 3430. The van der Waals surface area contributed by atoms with Gasteiger partial charge in [-0.15, -0.1) is 11.3 Å². The molecule has 0 amide bonds. The summed E-state index contributed by atoms with van der Waals surface area (Å²) in [4.78, 5) is 11.6. The first kappa shape index (κ1) is 34.0. The van der Waals surface area contributed by atoms with Crippen LogP contribution >= 0.6 is 11.3 Å². The third-order valence-electron chi connectivity index (χ3n) is 11.2. The second kappa shape index (κ2) is 14.0. The summed E-state index contributed by atoms with van der Waals surface area (Å²) < 4.78 is 7.64. The Hall–Kier alpha value is -7.34. The lowest BCUT2D eigenvalue weighted by molar-refractivity contribution is 0.667. The van der Waals surface area contributed by atoms with Crippen molar-refractivity contribution in [3.63, 3.8) is 0 Å². The first-order valence-corrected chi connectivity index (χ1v) is 20.3. The van der Waals surface area contributed by atoms with E-state index in [2.05, 4.69) is 133 Å². The fraction of sp³-hybridized carbons (Fsp3) is 0.0189. The van der Waals surface area contributed by atoms with Crippen molar-refractivity contribution in [2.24, 2.45) is 10.7 Å². The molecule has 0 aliphatic rings. The highest BCUT2D eigenvalue weighted by Crippen LogP contribution is 2.41. The van der Waals surface area contributed by atoms with E-state index >= 15 is 0 Å². The normalized spacial score (nSPS) is 12.5. The molecule has 0 fully saturated rings. The Balaban J connectivity index is 1.01. The van der Waals surface area contributed by atoms with Crippen molar-refractivity contribution in [2.45, 2.75) is 6.54 Å². The zero-order valence-electron chi connectivity index (χ0n) is 31.4. The van der Waals surface area contributed by atoms with Crippen molar-refractivity contribution < 1.29 is 4.42 Å². The first-order chi connectivity index (χ1) is 28.7. The zero-order valence-corrected chi connectivity index (χ0v) is 32.2. The number of thiophene rings is 1. The Morgan fingerprint density at radius 2 is 1.21 bits per heavy atom. The van der Waals surface area contributed by atoms with Gasteiger partial charge in [-0.1, -0.05) is 164 Å². The molecule has 0 saturated heterocycles. The molecule has 274 valence electrons. The molecular formula is C53H35N3OS. The summed E-state index contributed by atoms with van der Waals surface area (Å²) in [5.41, 5.74) is 17.4. The topological polar surface area (TPSA) is 64.4 Å². The molecule has 0 radical (unpaired) electrons. The fourth-order valence-corrected chi connectivity index (χ4v) is 9.50. The predicted molar refractivity (Wildman–Crippen MR) is 246 cm³/mol. The Kier molecular flexibility index (Phi) is 8.19. The van der Waals surface area contributed by atoms with E-state index in [1.807, 2.05) is 54.6 Å². The highest BCUT2D eigenvalue weighted by molar-refractivity contribution is 7.25. The molecule has 5 heteroatoms. The molecule has 0 aliphatic heterocycles. The lowest BCUT2D eigenvalue weighted by atomic mass is 9.92. The average molecular weight is 762 g/mol. The monoisotopic (exact) mass is 761 g/mol. The zero-order chi connectivity index (χ0) is 38.6. The van der Waals surface area contributed by atoms with Crippen LogP contribution in [0.5, 0.6) is 0 Å². The van der Waals surface area contributed by atoms with E-state index in [-0.39, 0.29) is 0 Å². The number of hydrogen-bond acceptors (Lipinski definition) is 5. The molecule has 0 saturated carbocycles. The van der Waals surface area contributed by atoms with Gasteiger partial charge in [-0.05, 0) is 57.1 Å². The van der Waals surface area contributed by atoms with Crippen molar-refractivity contribution in [1.82, 2.24) is 4.98 Å². The van der Waals surface area contributed by atoms with Crippen LogP contribution in [0.3, 0.4) is 0 Å². The molecule has 2 N–H and O–H groups in total. The number of pyridine rings is 1. The van der Waals surface area contributed by atoms with Crippen LogP contribution in [0.4, 0.5) is 0 Å². The van der Waals surface area contributed by atoms with Gasteiger partial charge in [0.2, 0.25) is 0 Å². The van der Waals surface area contributed by atoms with E-state index < -0.39 is 0 Å². The minimum Gasteiger partial charge on any atom is -0.455 e. The number of allylic oxidation sites excluding steroid dienone is 1. The Morgan fingerprint density at radius 3 is 2.03 bits per heavy atom. The van der Waals surface area contributed by atoms with Crippen LogP contribution in [-0.4, -0.2) is 10.7 Å². The lowest BCUT2D eigenvalue weighted by Gasteiger charge is -2.14. The van der Waals surface area contributed by atoms with Crippen molar-refractivity contribution in [3.8, 4) is 22.4 Å². The molecule has 0 unspecified atom stereocenters. The number of benzene rings is 8. The number of nitrogens with two attached hydrogens (primary N) is 1. The van der Waals surface area contributed by atoms with Gasteiger partial charge in [0.05, 0.1) is 18.0 Å². The third kappa shape index (κ3) is 5.75. The minimum atomic E-state index is 0.516. The van der Waals surface area contributed by atoms with Crippen LogP contribution < -0.4 is 5.73 Å². The average Bonchev–Trinajstić information content (AvgIpc) is 3.86. The Morgan fingerprint density at radius 1 is 0.552 bits per heavy atom.